The number of anilines is 1. The zero-order chi connectivity index (χ0) is 18.6. The summed E-state index contributed by atoms with van der Waals surface area (Å²) in [5.41, 5.74) is 1.23. The molecule has 2 aromatic carbocycles. The summed E-state index contributed by atoms with van der Waals surface area (Å²) in [6.45, 7) is 5.70. The predicted octanol–water partition coefficient (Wildman–Crippen LogP) is 5.44. The van der Waals surface area contributed by atoms with E-state index in [-0.39, 0.29) is 5.91 Å². The molecule has 0 aliphatic rings. The average molecular weight is 369 g/mol. The third-order valence-corrected chi connectivity index (χ3v) is 5.09. The van der Waals surface area contributed by atoms with Gasteiger partial charge in [-0.2, -0.15) is 0 Å². The number of nitrogens with one attached hydrogen (secondary N) is 1. The van der Waals surface area contributed by atoms with Gasteiger partial charge in [-0.3, -0.25) is 10.1 Å². The Hall–Kier alpha value is -2.40. The lowest BCUT2D eigenvalue weighted by atomic mass is 10.1. The fourth-order valence-corrected chi connectivity index (χ4v) is 3.56. The van der Waals surface area contributed by atoms with Crippen LogP contribution in [0, 0.1) is 0 Å². The Morgan fingerprint density at radius 3 is 2.69 bits per heavy atom. The number of carbonyl (C=O) groups excluding carboxylic acids is 1. The Morgan fingerprint density at radius 1 is 1.19 bits per heavy atom. The molecule has 0 saturated carbocycles. The minimum atomic E-state index is -0.995. The zero-order valence-electron chi connectivity index (χ0n) is 15.4. The van der Waals surface area contributed by atoms with Crippen molar-refractivity contribution in [3.63, 3.8) is 0 Å². The van der Waals surface area contributed by atoms with Gasteiger partial charge in [0.25, 0.3) is 5.91 Å². The second kappa shape index (κ2) is 7.87. The Balaban J connectivity index is 1.72. The molecule has 26 heavy (non-hydrogen) atoms. The van der Waals surface area contributed by atoms with Crippen molar-refractivity contribution in [2.75, 3.05) is 5.32 Å². The minimum Gasteiger partial charge on any atom is -0.478 e. The highest BCUT2D eigenvalue weighted by Crippen LogP contribution is 2.28. The zero-order valence-corrected chi connectivity index (χ0v) is 16.2. The first-order chi connectivity index (χ1) is 12.5. The molecule has 0 radical (unpaired) electrons. The van der Waals surface area contributed by atoms with Crippen molar-refractivity contribution in [3.05, 3.63) is 54.1 Å². The maximum Gasteiger partial charge on any atom is 0.269 e. The van der Waals surface area contributed by atoms with Gasteiger partial charge in [0.2, 0.25) is 0 Å². The number of thiazole rings is 1. The molecule has 0 aliphatic heterocycles. The third kappa shape index (κ3) is 4.41. The van der Waals surface area contributed by atoms with Gasteiger partial charge in [-0.1, -0.05) is 48.9 Å². The van der Waals surface area contributed by atoms with Gasteiger partial charge in [-0.25, -0.2) is 4.98 Å². The molecule has 0 fully saturated rings. The lowest BCUT2D eigenvalue weighted by Gasteiger charge is -2.24. The van der Waals surface area contributed by atoms with E-state index in [2.05, 4.69) is 29.4 Å². The number of aromatic nitrogens is 1. The van der Waals surface area contributed by atoms with Crippen molar-refractivity contribution in [1.29, 1.82) is 0 Å². The molecule has 0 saturated heterocycles. The quantitative estimate of drug-likeness (QED) is 0.604. The van der Waals surface area contributed by atoms with Gasteiger partial charge in [0.1, 0.15) is 5.75 Å². The van der Waals surface area contributed by atoms with Crippen LogP contribution in [0.4, 0.5) is 5.13 Å². The van der Waals surface area contributed by atoms with E-state index in [4.69, 9.17) is 4.74 Å². The SMILES string of the molecule is CCCCc1ccc2nc(NC(=O)C(C)(C)Oc3ccccc3)sc2c1. The van der Waals surface area contributed by atoms with Crippen molar-refractivity contribution < 1.29 is 9.53 Å². The highest BCUT2D eigenvalue weighted by atomic mass is 32.1. The summed E-state index contributed by atoms with van der Waals surface area (Å²) in [6.07, 6.45) is 3.43. The fraction of sp³-hybridized carbons (Fsp3) is 0.333. The molecule has 136 valence electrons. The second-order valence-corrected chi connectivity index (χ2v) is 7.83. The molecule has 0 atom stereocenters. The summed E-state index contributed by atoms with van der Waals surface area (Å²) in [6, 6.07) is 15.7. The van der Waals surface area contributed by atoms with E-state index < -0.39 is 5.60 Å². The van der Waals surface area contributed by atoms with Gasteiger partial charge >= 0.3 is 0 Å². The molecular weight excluding hydrogens is 344 g/mol. The molecule has 1 heterocycles. The molecule has 0 bridgehead atoms. The first-order valence-electron chi connectivity index (χ1n) is 8.93. The van der Waals surface area contributed by atoms with Crippen molar-refractivity contribution >= 4 is 32.6 Å². The highest BCUT2D eigenvalue weighted by molar-refractivity contribution is 7.22. The smallest absolute Gasteiger partial charge is 0.269 e. The van der Waals surface area contributed by atoms with Gasteiger partial charge in [-0.05, 0) is 56.5 Å². The molecule has 3 aromatic rings. The Bertz CT molecular complexity index is 887. The topological polar surface area (TPSA) is 51.2 Å². The largest absolute Gasteiger partial charge is 0.478 e. The number of aryl methyl sites for hydroxylation is 1. The van der Waals surface area contributed by atoms with Crippen LogP contribution in [-0.2, 0) is 11.2 Å². The number of amides is 1. The van der Waals surface area contributed by atoms with E-state index in [0.717, 1.165) is 16.6 Å². The van der Waals surface area contributed by atoms with E-state index in [9.17, 15) is 4.79 Å². The molecule has 1 aromatic heterocycles. The van der Waals surface area contributed by atoms with Crippen molar-refractivity contribution in [3.8, 4) is 5.75 Å². The molecule has 5 heteroatoms. The summed E-state index contributed by atoms with van der Waals surface area (Å²) in [7, 11) is 0. The summed E-state index contributed by atoms with van der Waals surface area (Å²) in [4.78, 5) is 17.2. The number of unbranched alkanes of at least 4 members (excludes halogenated alkanes) is 1. The maximum atomic E-state index is 12.7. The van der Waals surface area contributed by atoms with Gasteiger partial charge in [0, 0.05) is 0 Å². The van der Waals surface area contributed by atoms with Gasteiger partial charge in [0.05, 0.1) is 10.2 Å². The number of ether oxygens (including phenoxy) is 1. The van der Waals surface area contributed by atoms with E-state index in [1.807, 2.05) is 36.4 Å². The van der Waals surface area contributed by atoms with E-state index >= 15 is 0 Å². The van der Waals surface area contributed by atoms with Crippen molar-refractivity contribution in [2.24, 2.45) is 0 Å². The van der Waals surface area contributed by atoms with Gasteiger partial charge in [0.15, 0.2) is 10.7 Å². The molecule has 3 rings (SSSR count). The summed E-state index contributed by atoms with van der Waals surface area (Å²) in [5, 5.41) is 3.50. The van der Waals surface area contributed by atoms with Crippen molar-refractivity contribution in [1.82, 2.24) is 4.98 Å². The normalized spacial score (nSPS) is 11.5. The van der Waals surface area contributed by atoms with Gasteiger partial charge < -0.3 is 4.74 Å². The van der Waals surface area contributed by atoms with Crippen LogP contribution < -0.4 is 10.1 Å². The van der Waals surface area contributed by atoms with Crippen LogP contribution in [-0.4, -0.2) is 16.5 Å². The number of benzene rings is 2. The van der Waals surface area contributed by atoms with E-state index in [1.54, 1.807) is 13.8 Å². The van der Waals surface area contributed by atoms with Crippen LogP contribution in [0.5, 0.6) is 5.75 Å². The number of carbonyl (C=O) groups is 1. The highest BCUT2D eigenvalue weighted by Gasteiger charge is 2.30. The first-order valence-corrected chi connectivity index (χ1v) is 9.74. The summed E-state index contributed by atoms with van der Waals surface area (Å²) < 4.78 is 6.93. The number of nitrogens with zero attached hydrogens (tertiary/aromatic N) is 1. The minimum absolute atomic E-state index is 0.216. The monoisotopic (exact) mass is 368 g/mol. The molecular formula is C21H24N2O2S. The van der Waals surface area contributed by atoms with Gasteiger partial charge in [-0.15, -0.1) is 0 Å². The van der Waals surface area contributed by atoms with Crippen LogP contribution in [0.15, 0.2) is 48.5 Å². The second-order valence-electron chi connectivity index (χ2n) is 6.80. The number of hydrogen-bond donors (Lipinski definition) is 1. The average Bonchev–Trinajstić information content (AvgIpc) is 3.01. The lowest BCUT2D eigenvalue weighted by Crippen LogP contribution is -2.42. The standard InChI is InChI=1S/C21H24N2O2S/c1-4-5-9-15-12-13-17-18(14-15)26-20(22-17)23-19(24)21(2,3)25-16-10-7-6-8-11-16/h6-8,10-14H,4-5,9H2,1-3H3,(H,22,23,24). The van der Waals surface area contributed by atoms with Crippen LogP contribution in [0.1, 0.15) is 39.2 Å². The molecule has 1 amide bonds. The number of fused-ring (bicyclic) bond motifs is 1. The predicted molar refractivity (Wildman–Crippen MR) is 108 cm³/mol. The molecule has 1 N–H and O–H groups in total. The summed E-state index contributed by atoms with van der Waals surface area (Å²) >= 11 is 1.50. The molecule has 0 aliphatic carbocycles. The molecule has 0 spiro atoms. The number of hydrogen-bond acceptors (Lipinski definition) is 4. The first kappa shape index (κ1) is 18.4. The Kier molecular flexibility index (Phi) is 5.57. The summed E-state index contributed by atoms with van der Waals surface area (Å²) in [5.74, 6) is 0.448. The Morgan fingerprint density at radius 2 is 1.96 bits per heavy atom. The lowest BCUT2D eigenvalue weighted by molar-refractivity contribution is -0.128. The maximum absolute atomic E-state index is 12.7. The number of para-hydroxylation sites is 1. The van der Waals surface area contributed by atoms with Crippen LogP contribution in [0.3, 0.4) is 0 Å². The molecule has 0 unspecified atom stereocenters. The molecule has 4 nitrogen and oxygen atoms in total. The van der Waals surface area contributed by atoms with Crippen LogP contribution >= 0.6 is 11.3 Å². The Labute approximate surface area is 158 Å². The van der Waals surface area contributed by atoms with Crippen LogP contribution in [0.25, 0.3) is 10.2 Å². The fourth-order valence-electron chi connectivity index (χ4n) is 2.64. The third-order valence-electron chi connectivity index (χ3n) is 4.16. The van der Waals surface area contributed by atoms with Crippen LogP contribution in [0.2, 0.25) is 0 Å². The van der Waals surface area contributed by atoms with Crippen molar-refractivity contribution in [2.45, 2.75) is 45.6 Å². The number of rotatable bonds is 7. The van der Waals surface area contributed by atoms with E-state index in [1.165, 1.54) is 29.7 Å². The van der Waals surface area contributed by atoms with E-state index in [0.29, 0.717) is 10.9 Å².